The monoisotopic (exact) mass is 303 g/mol. The second kappa shape index (κ2) is 4.83. The van der Waals surface area contributed by atoms with Gasteiger partial charge in [0.15, 0.2) is 11.2 Å². The van der Waals surface area contributed by atoms with Crippen molar-refractivity contribution in [3.8, 4) is 0 Å². The van der Waals surface area contributed by atoms with Crippen molar-refractivity contribution in [2.24, 2.45) is 0 Å². The summed E-state index contributed by atoms with van der Waals surface area (Å²) in [5.74, 6) is 0.263. The highest BCUT2D eigenvalue weighted by Crippen LogP contribution is 2.30. The lowest BCUT2D eigenvalue weighted by Gasteiger charge is -2.13. The first-order valence-electron chi connectivity index (χ1n) is 6.83. The van der Waals surface area contributed by atoms with Crippen LogP contribution >= 0.6 is 0 Å². The third kappa shape index (κ3) is 1.83. The summed E-state index contributed by atoms with van der Waals surface area (Å²) in [6, 6.07) is 1.64. The van der Waals surface area contributed by atoms with E-state index < -0.39 is 18.4 Å². The highest BCUT2D eigenvalue weighted by molar-refractivity contribution is 5.71. The van der Waals surface area contributed by atoms with Crippen molar-refractivity contribution < 1.29 is 14.9 Å². The molecule has 0 amide bonds. The van der Waals surface area contributed by atoms with Crippen molar-refractivity contribution in [3.63, 3.8) is 0 Å². The quantitative estimate of drug-likeness (QED) is 0.629. The van der Waals surface area contributed by atoms with Crippen LogP contribution in [0.4, 0.5) is 0 Å². The van der Waals surface area contributed by atoms with E-state index in [0.29, 0.717) is 12.1 Å². The van der Waals surface area contributed by atoms with Crippen molar-refractivity contribution in [1.82, 2.24) is 23.9 Å². The molecule has 0 radical (unpaired) electrons. The molecular weight excluding hydrogens is 290 g/mol. The van der Waals surface area contributed by atoms with E-state index >= 15 is 0 Å². The smallest absolute Gasteiger partial charge is 0.287 e. The zero-order valence-electron chi connectivity index (χ0n) is 11.4. The minimum Gasteiger partial charge on any atom is -0.394 e. The molecule has 3 aromatic heterocycles. The molecule has 9 nitrogen and oxygen atoms in total. The third-order valence-electron chi connectivity index (χ3n) is 3.82. The molecule has 0 spiro atoms. The Morgan fingerprint density at radius 3 is 3.05 bits per heavy atom. The van der Waals surface area contributed by atoms with E-state index in [4.69, 9.17) is 9.84 Å². The highest BCUT2D eigenvalue weighted by Gasteiger charge is 2.35. The van der Waals surface area contributed by atoms with Crippen LogP contribution in [0.5, 0.6) is 0 Å². The molecular formula is C13H13N5O4. The summed E-state index contributed by atoms with van der Waals surface area (Å²) >= 11 is 0. The predicted octanol–water partition coefficient (Wildman–Crippen LogP) is -0.920. The van der Waals surface area contributed by atoms with Crippen molar-refractivity contribution in [2.45, 2.75) is 24.9 Å². The fourth-order valence-corrected chi connectivity index (χ4v) is 2.69. The number of ether oxygens (including phenoxy) is 1. The number of aliphatic hydroxyl groups excluding tert-OH is 2. The number of hydrogen-bond acceptors (Lipinski definition) is 7. The summed E-state index contributed by atoms with van der Waals surface area (Å²) in [4.78, 5) is 24.9. The zero-order chi connectivity index (χ0) is 15.3. The lowest BCUT2D eigenvalue weighted by molar-refractivity contribution is -0.0432. The molecule has 3 atom stereocenters. The molecule has 2 N–H and O–H groups in total. The molecule has 9 heteroatoms. The van der Waals surface area contributed by atoms with Gasteiger partial charge >= 0.3 is 0 Å². The lowest BCUT2D eigenvalue weighted by atomic mass is 10.2. The molecule has 3 aromatic rings. The molecule has 22 heavy (non-hydrogen) atoms. The van der Waals surface area contributed by atoms with E-state index in [1.165, 1.54) is 10.7 Å². The number of fused-ring (bicyclic) bond motifs is 2. The maximum Gasteiger partial charge on any atom is 0.287 e. The van der Waals surface area contributed by atoms with Gasteiger partial charge < -0.3 is 14.9 Å². The molecule has 0 saturated carbocycles. The van der Waals surface area contributed by atoms with Crippen LogP contribution in [0, 0.1) is 0 Å². The summed E-state index contributed by atoms with van der Waals surface area (Å²) in [5, 5.41) is 19.0. The number of aliphatic hydroxyl groups is 2. The number of rotatable bonds is 2. The van der Waals surface area contributed by atoms with Crippen LogP contribution in [0.1, 0.15) is 12.6 Å². The Labute approximate surface area is 123 Å². The summed E-state index contributed by atoms with van der Waals surface area (Å²) in [7, 11) is 0. The van der Waals surface area contributed by atoms with Crippen LogP contribution in [0.3, 0.4) is 0 Å². The fraction of sp³-hybridized carbons (Fsp3) is 0.385. The molecule has 2 unspecified atom stereocenters. The fourth-order valence-electron chi connectivity index (χ4n) is 2.69. The van der Waals surface area contributed by atoms with E-state index in [0.717, 1.165) is 0 Å². The second-order valence-corrected chi connectivity index (χ2v) is 5.15. The summed E-state index contributed by atoms with van der Waals surface area (Å²) in [6.07, 6.45) is 2.92. The van der Waals surface area contributed by atoms with E-state index in [2.05, 4.69) is 15.0 Å². The van der Waals surface area contributed by atoms with E-state index in [1.54, 1.807) is 23.0 Å². The first-order chi connectivity index (χ1) is 10.7. The maximum absolute atomic E-state index is 12.4. The van der Waals surface area contributed by atoms with Gasteiger partial charge in [-0.1, -0.05) is 0 Å². The number of aromatic nitrogens is 5. The van der Waals surface area contributed by atoms with E-state index in [-0.39, 0.29) is 23.5 Å². The zero-order valence-corrected chi connectivity index (χ0v) is 11.4. The van der Waals surface area contributed by atoms with Crippen LogP contribution in [-0.4, -0.2) is 52.9 Å². The lowest BCUT2D eigenvalue weighted by Crippen LogP contribution is -2.24. The van der Waals surface area contributed by atoms with Crippen molar-refractivity contribution >= 4 is 16.9 Å². The van der Waals surface area contributed by atoms with Gasteiger partial charge in [-0.25, -0.2) is 14.4 Å². The topological polar surface area (TPSA) is 115 Å². The molecule has 0 aromatic carbocycles. The molecule has 4 heterocycles. The standard InChI is InChI=1S/C13H13N5O4/c19-5-8-7(20)4-9(22-8)18-6-15-10-11(18)16-13-14-2-1-3-17(13)12(10)21/h1-3,6-9,19-20H,4-5H2/t7-,8?,9?/m0/s1. The minimum absolute atomic E-state index is 0.205. The van der Waals surface area contributed by atoms with Crippen LogP contribution in [0.15, 0.2) is 29.6 Å². The van der Waals surface area contributed by atoms with Crippen LogP contribution < -0.4 is 5.56 Å². The van der Waals surface area contributed by atoms with Gasteiger partial charge in [0.2, 0.25) is 5.78 Å². The van der Waals surface area contributed by atoms with Crippen molar-refractivity contribution in [3.05, 3.63) is 35.1 Å². The largest absolute Gasteiger partial charge is 0.394 e. The Kier molecular flexibility index (Phi) is 2.93. The van der Waals surface area contributed by atoms with Gasteiger partial charge in [-0.3, -0.25) is 9.36 Å². The maximum atomic E-state index is 12.4. The van der Waals surface area contributed by atoms with Gasteiger partial charge in [-0.2, -0.15) is 4.98 Å². The summed E-state index contributed by atoms with van der Waals surface area (Å²) in [6.45, 7) is -0.273. The highest BCUT2D eigenvalue weighted by atomic mass is 16.5. The molecule has 1 fully saturated rings. The third-order valence-corrected chi connectivity index (χ3v) is 3.82. The Morgan fingerprint density at radius 1 is 1.41 bits per heavy atom. The average molecular weight is 303 g/mol. The second-order valence-electron chi connectivity index (χ2n) is 5.15. The molecule has 1 saturated heterocycles. The number of nitrogens with zero attached hydrogens (tertiary/aromatic N) is 5. The number of imidazole rings is 1. The molecule has 0 aliphatic carbocycles. The molecule has 1 aliphatic rings. The van der Waals surface area contributed by atoms with Gasteiger partial charge in [0.1, 0.15) is 12.3 Å². The van der Waals surface area contributed by atoms with Crippen molar-refractivity contribution in [1.29, 1.82) is 0 Å². The predicted molar refractivity (Wildman–Crippen MR) is 74.2 cm³/mol. The first kappa shape index (κ1) is 13.3. The van der Waals surface area contributed by atoms with Crippen LogP contribution in [0.2, 0.25) is 0 Å². The van der Waals surface area contributed by atoms with E-state index in [9.17, 15) is 9.90 Å². The minimum atomic E-state index is -0.771. The van der Waals surface area contributed by atoms with Crippen molar-refractivity contribution in [2.75, 3.05) is 6.61 Å². The average Bonchev–Trinajstić information content (AvgIpc) is 3.11. The Hall–Kier alpha value is -2.36. The normalized spacial score (nSPS) is 25.3. The van der Waals surface area contributed by atoms with Gasteiger partial charge in [-0.15, -0.1) is 0 Å². The molecule has 1 aliphatic heterocycles. The SMILES string of the molecule is O=c1c2ncn(C3C[C@H](O)C(CO)O3)c2nc2ncccn12. The van der Waals surface area contributed by atoms with Crippen LogP contribution in [-0.2, 0) is 4.74 Å². The first-order valence-corrected chi connectivity index (χ1v) is 6.83. The van der Waals surface area contributed by atoms with Gasteiger partial charge in [0.25, 0.3) is 5.56 Å². The summed E-state index contributed by atoms with van der Waals surface area (Å²) in [5.41, 5.74) is 0.236. The molecule has 0 bridgehead atoms. The van der Waals surface area contributed by atoms with Gasteiger partial charge in [0.05, 0.1) is 19.0 Å². The number of hydrogen-bond donors (Lipinski definition) is 2. The Balaban J connectivity index is 1.88. The summed E-state index contributed by atoms with van der Waals surface area (Å²) < 4.78 is 8.49. The van der Waals surface area contributed by atoms with Crippen LogP contribution in [0.25, 0.3) is 16.9 Å². The Bertz CT molecular complexity index is 904. The van der Waals surface area contributed by atoms with E-state index in [1.807, 2.05) is 0 Å². The Morgan fingerprint density at radius 2 is 2.27 bits per heavy atom. The molecule has 4 rings (SSSR count). The molecule has 114 valence electrons. The van der Waals surface area contributed by atoms with Gasteiger partial charge in [0, 0.05) is 18.8 Å². The van der Waals surface area contributed by atoms with Gasteiger partial charge in [-0.05, 0) is 6.07 Å².